The molecular formula is C28H25N3O3S. The van der Waals surface area contributed by atoms with Crippen molar-refractivity contribution in [3.05, 3.63) is 116 Å². The summed E-state index contributed by atoms with van der Waals surface area (Å²) in [6.45, 7) is 8.34. The largest absolute Gasteiger partial charge is 0.463 e. The molecule has 0 fully saturated rings. The fourth-order valence-electron chi connectivity index (χ4n) is 4.56. The van der Waals surface area contributed by atoms with Gasteiger partial charge in [-0.2, -0.15) is 0 Å². The lowest BCUT2D eigenvalue weighted by atomic mass is 9.96. The van der Waals surface area contributed by atoms with Crippen LogP contribution in [0.25, 0.3) is 17.0 Å². The van der Waals surface area contributed by atoms with Crippen LogP contribution in [-0.2, 0) is 16.1 Å². The standard InChI is InChI=1S/C28H25N3O3S/c1-4-15-30-17-20(21-13-9-10-14-22(21)30)16-23-26(32)31-25(19-11-7-6-8-12-19)24(27(33)34-5-2)18(3)29-28(31)35-23/h4,6-14,16-17,25H,1,5,15H2,2-3H3/b23-16+/t25-/m1/s1. The van der Waals surface area contributed by atoms with Gasteiger partial charge in [0.15, 0.2) is 4.80 Å². The van der Waals surface area contributed by atoms with E-state index in [1.807, 2.05) is 66.9 Å². The van der Waals surface area contributed by atoms with E-state index < -0.39 is 12.0 Å². The monoisotopic (exact) mass is 483 g/mol. The molecule has 2 aromatic carbocycles. The lowest BCUT2D eigenvalue weighted by Gasteiger charge is -2.24. The first-order valence-corrected chi connectivity index (χ1v) is 12.3. The summed E-state index contributed by atoms with van der Waals surface area (Å²) < 4.78 is 9.64. The van der Waals surface area contributed by atoms with Crippen molar-refractivity contribution in [2.24, 2.45) is 4.99 Å². The van der Waals surface area contributed by atoms with Crippen LogP contribution in [0, 0.1) is 0 Å². The smallest absolute Gasteiger partial charge is 0.338 e. The van der Waals surface area contributed by atoms with Crippen LogP contribution < -0.4 is 14.9 Å². The zero-order valence-electron chi connectivity index (χ0n) is 19.6. The van der Waals surface area contributed by atoms with Crippen molar-refractivity contribution < 1.29 is 9.53 Å². The minimum Gasteiger partial charge on any atom is -0.463 e. The van der Waals surface area contributed by atoms with Crippen LogP contribution in [-0.4, -0.2) is 21.7 Å². The first-order chi connectivity index (χ1) is 17.0. The molecule has 0 saturated heterocycles. The van der Waals surface area contributed by atoms with Crippen LogP contribution in [0.3, 0.4) is 0 Å². The zero-order chi connectivity index (χ0) is 24.5. The van der Waals surface area contributed by atoms with Crippen molar-refractivity contribution in [1.29, 1.82) is 0 Å². The Morgan fingerprint density at radius 2 is 1.91 bits per heavy atom. The highest BCUT2D eigenvalue weighted by atomic mass is 32.1. The third-order valence-corrected chi connectivity index (χ3v) is 7.05. The van der Waals surface area contributed by atoms with Crippen LogP contribution in [0.4, 0.5) is 0 Å². The lowest BCUT2D eigenvalue weighted by molar-refractivity contribution is -0.139. The average Bonchev–Trinajstić information content (AvgIpc) is 3.36. The van der Waals surface area contributed by atoms with Crippen molar-refractivity contribution in [3.63, 3.8) is 0 Å². The van der Waals surface area contributed by atoms with E-state index in [0.29, 0.717) is 27.1 Å². The molecule has 0 bridgehead atoms. The first-order valence-electron chi connectivity index (χ1n) is 11.5. The molecule has 35 heavy (non-hydrogen) atoms. The molecule has 0 amide bonds. The van der Waals surface area contributed by atoms with Gasteiger partial charge in [0.25, 0.3) is 5.56 Å². The normalized spacial score (nSPS) is 15.7. The summed E-state index contributed by atoms with van der Waals surface area (Å²) in [5, 5.41) is 1.06. The maximum atomic E-state index is 13.8. The first kappa shape index (κ1) is 22.8. The molecule has 7 heteroatoms. The van der Waals surface area contributed by atoms with E-state index >= 15 is 0 Å². The van der Waals surface area contributed by atoms with Crippen molar-refractivity contribution in [2.45, 2.75) is 26.4 Å². The van der Waals surface area contributed by atoms with E-state index in [4.69, 9.17) is 4.74 Å². The molecule has 2 aromatic heterocycles. The number of hydrogen-bond donors (Lipinski definition) is 0. The van der Waals surface area contributed by atoms with E-state index in [2.05, 4.69) is 22.2 Å². The molecule has 0 radical (unpaired) electrons. The van der Waals surface area contributed by atoms with Crippen LogP contribution in [0.15, 0.2) is 94.5 Å². The van der Waals surface area contributed by atoms with Gasteiger partial charge in [-0.15, -0.1) is 6.58 Å². The van der Waals surface area contributed by atoms with Gasteiger partial charge in [-0.1, -0.05) is 65.9 Å². The molecule has 0 aliphatic carbocycles. The third kappa shape index (κ3) is 3.98. The SMILES string of the molecule is C=CCn1cc(/C=c2/sc3n(c2=O)[C@H](c2ccccc2)C(C(=O)OCC)=C(C)N=3)c2ccccc21. The number of nitrogens with zero attached hydrogens (tertiary/aromatic N) is 3. The molecule has 1 aliphatic rings. The highest BCUT2D eigenvalue weighted by Gasteiger charge is 2.33. The topological polar surface area (TPSA) is 65.6 Å². The number of para-hydroxylation sites is 1. The number of hydrogen-bond acceptors (Lipinski definition) is 5. The molecule has 3 heterocycles. The predicted molar refractivity (Wildman–Crippen MR) is 139 cm³/mol. The summed E-state index contributed by atoms with van der Waals surface area (Å²) in [6.07, 6.45) is 5.80. The Bertz CT molecular complexity index is 1650. The molecule has 4 aromatic rings. The number of carbonyl (C=O) groups is 1. The summed E-state index contributed by atoms with van der Waals surface area (Å²) in [7, 11) is 0. The van der Waals surface area contributed by atoms with Gasteiger partial charge in [-0.05, 0) is 31.6 Å². The molecule has 0 spiro atoms. The number of ether oxygens (including phenoxy) is 1. The summed E-state index contributed by atoms with van der Waals surface area (Å²) in [4.78, 5) is 32.0. The summed E-state index contributed by atoms with van der Waals surface area (Å²) in [5.74, 6) is -0.454. The summed E-state index contributed by atoms with van der Waals surface area (Å²) in [6, 6.07) is 17.0. The molecule has 6 nitrogen and oxygen atoms in total. The van der Waals surface area contributed by atoms with E-state index in [0.717, 1.165) is 22.0 Å². The van der Waals surface area contributed by atoms with Crippen LogP contribution >= 0.6 is 11.3 Å². The molecular weight excluding hydrogens is 458 g/mol. The van der Waals surface area contributed by atoms with E-state index in [-0.39, 0.29) is 12.2 Å². The molecule has 0 N–H and O–H groups in total. The molecule has 1 atom stereocenters. The number of allylic oxidation sites excluding steroid dienone is 2. The zero-order valence-corrected chi connectivity index (χ0v) is 20.4. The van der Waals surface area contributed by atoms with Gasteiger partial charge in [0.2, 0.25) is 0 Å². The third-order valence-electron chi connectivity index (χ3n) is 6.06. The van der Waals surface area contributed by atoms with E-state index in [9.17, 15) is 9.59 Å². The molecule has 176 valence electrons. The lowest BCUT2D eigenvalue weighted by Crippen LogP contribution is -2.39. The minimum atomic E-state index is -0.601. The molecule has 0 unspecified atom stereocenters. The predicted octanol–water partition coefficient (Wildman–Crippen LogP) is 3.94. The second kappa shape index (κ2) is 9.35. The van der Waals surface area contributed by atoms with Crippen LogP contribution in [0.5, 0.6) is 0 Å². The Hall–Kier alpha value is -3.97. The van der Waals surface area contributed by atoms with Gasteiger partial charge >= 0.3 is 5.97 Å². The Morgan fingerprint density at radius 3 is 2.66 bits per heavy atom. The fourth-order valence-corrected chi connectivity index (χ4v) is 5.60. The van der Waals surface area contributed by atoms with Gasteiger partial charge in [-0.25, -0.2) is 9.79 Å². The number of aromatic nitrogens is 2. The Kier molecular flexibility index (Phi) is 6.09. The fraction of sp³-hybridized carbons (Fsp3) is 0.179. The maximum absolute atomic E-state index is 13.8. The quantitative estimate of drug-likeness (QED) is 0.308. The number of rotatable bonds is 6. The second-order valence-electron chi connectivity index (χ2n) is 8.26. The van der Waals surface area contributed by atoms with Gasteiger partial charge in [0, 0.05) is 29.2 Å². The number of carbonyl (C=O) groups excluding carboxylic acids is 1. The number of fused-ring (bicyclic) bond motifs is 2. The number of benzene rings is 2. The summed E-state index contributed by atoms with van der Waals surface area (Å²) >= 11 is 1.33. The number of esters is 1. The van der Waals surface area contributed by atoms with Crippen molar-refractivity contribution in [1.82, 2.24) is 9.13 Å². The Morgan fingerprint density at radius 1 is 1.17 bits per heavy atom. The maximum Gasteiger partial charge on any atom is 0.338 e. The van der Waals surface area contributed by atoms with Gasteiger partial charge in [0.05, 0.1) is 28.5 Å². The molecule has 1 aliphatic heterocycles. The molecule has 5 rings (SSSR count). The Balaban J connectivity index is 1.74. The van der Waals surface area contributed by atoms with Crippen molar-refractivity contribution in [3.8, 4) is 0 Å². The summed E-state index contributed by atoms with van der Waals surface area (Å²) in [5.41, 5.74) is 3.63. The van der Waals surface area contributed by atoms with Gasteiger partial charge in [0.1, 0.15) is 0 Å². The van der Waals surface area contributed by atoms with E-state index in [1.165, 1.54) is 11.3 Å². The van der Waals surface area contributed by atoms with Crippen molar-refractivity contribution >= 4 is 34.3 Å². The highest BCUT2D eigenvalue weighted by molar-refractivity contribution is 7.07. The number of thiazole rings is 1. The van der Waals surface area contributed by atoms with Crippen molar-refractivity contribution in [2.75, 3.05) is 6.61 Å². The average molecular weight is 484 g/mol. The molecule has 0 saturated carbocycles. The minimum absolute atomic E-state index is 0.183. The van der Waals surface area contributed by atoms with Crippen LogP contribution in [0.2, 0.25) is 0 Å². The second-order valence-corrected chi connectivity index (χ2v) is 9.26. The van der Waals surface area contributed by atoms with Crippen LogP contribution in [0.1, 0.15) is 31.0 Å². The van der Waals surface area contributed by atoms with Gasteiger partial charge < -0.3 is 9.30 Å². The Labute approximate surface area is 206 Å². The highest BCUT2D eigenvalue weighted by Crippen LogP contribution is 2.30. The van der Waals surface area contributed by atoms with Gasteiger partial charge in [-0.3, -0.25) is 9.36 Å². The van der Waals surface area contributed by atoms with E-state index in [1.54, 1.807) is 18.4 Å².